The molecule has 0 unspecified atom stereocenters. The van der Waals surface area contributed by atoms with E-state index < -0.39 is 35.8 Å². The number of hydrogen-bond donors (Lipinski definition) is 4. The Morgan fingerprint density at radius 2 is 1.64 bits per heavy atom. The van der Waals surface area contributed by atoms with Crippen molar-refractivity contribution in [1.82, 2.24) is 0 Å². The highest BCUT2D eigenvalue weighted by atomic mass is 16.4. The Labute approximate surface area is 78.6 Å². The number of carbonyl (C=O) groups is 3. The molecule has 14 heavy (non-hydrogen) atoms. The van der Waals surface area contributed by atoms with E-state index in [4.69, 9.17) is 15.3 Å². The number of hydrogen-bond acceptors (Lipinski definition) is 4. The van der Waals surface area contributed by atoms with Gasteiger partial charge in [0.1, 0.15) is 5.92 Å². The lowest BCUT2D eigenvalue weighted by molar-refractivity contribution is -0.174. The van der Waals surface area contributed by atoms with Gasteiger partial charge in [-0.15, -0.1) is 0 Å². The minimum absolute atomic E-state index is 0.747. The molecule has 0 bridgehead atoms. The normalized spacial score (nSPS) is 16.7. The van der Waals surface area contributed by atoms with Gasteiger partial charge in [-0.2, -0.15) is 0 Å². The van der Waals surface area contributed by atoms with Gasteiger partial charge in [0.15, 0.2) is 5.60 Å². The Bertz CT molecular complexity index is 267. The van der Waals surface area contributed by atoms with Gasteiger partial charge in [-0.1, -0.05) is 0 Å². The summed E-state index contributed by atoms with van der Waals surface area (Å²) in [7, 11) is 0. The first-order valence-corrected chi connectivity index (χ1v) is 3.60. The molecular formula is C7H10O7. The van der Waals surface area contributed by atoms with E-state index in [0.717, 1.165) is 6.92 Å². The molecule has 0 radical (unpaired) electrons. The maximum absolute atomic E-state index is 10.5. The molecule has 0 amide bonds. The number of aliphatic hydroxyl groups is 1. The van der Waals surface area contributed by atoms with Crippen molar-refractivity contribution in [1.29, 1.82) is 0 Å². The lowest BCUT2D eigenvalue weighted by Gasteiger charge is -2.23. The van der Waals surface area contributed by atoms with Crippen LogP contribution in [0.3, 0.4) is 0 Å². The van der Waals surface area contributed by atoms with Crippen molar-refractivity contribution in [2.75, 3.05) is 0 Å². The third-order valence-electron chi connectivity index (χ3n) is 1.79. The molecule has 0 aromatic carbocycles. The van der Waals surface area contributed by atoms with E-state index in [1.807, 2.05) is 0 Å². The fourth-order valence-corrected chi connectivity index (χ4v) is 0.850. The van der Waals surface area contributed by atoms with Crippen LogP contribution in [0.2, 0.25) is 0 Å². The molecule has 0 aliphatic carbocycles. The van der Waals surface area contributed by atoms with Gasteiger partial charge in [-0.25, -0.2) is 4.79 Å². The van der Waals surface area contributed by atoms with E-state index in [9.17, 15) is 19.5 Å². The van der Waals surface area contributed by atoms with E-state index in [0.29, 0.717) is 0 Å². The van der Waals surface area contributed by atoms with Crippen LogP contribution in [-0.2, 0) is 14.4 Å². The molecule has 0 rings (SSSR count). The fraction of sp³-hybridized carbons (Fsp3) is 0.571. The van der Waals surface area contributed by atoms with Gasteiger partial charge in [0.05, 0.1) is 6.42 Å². The lowest BCUT2D eigenvalue weighted by atomic mass is 9.86. The summed E-state index contributed by atoms with van der Waals surface area (Å²) in [6.07, 6.45) is -0.950. The van der Waals surface area contributed by atoms with Gasteiger partial charge in [-0.3, -0.25) is 9.59 Å². The Morgan fingerprint density at radius 1 is 1.21 bits per heavy atom. The topological polar surface area (TPSA) is 132 Å². The van der Waals surface area contributed by atoms with Gasteiger partial charge in [0, 0.05) is 0 Å². The summed E-state index contributed by atoms with van der Waals surface area (Å²) in [5, 5.41) is 34.5. The van der Waals surface area contributed by atoms with Crippen LogP contribution in [0.1, 0.15) is 13.3 Å². The highest BCUT2D eigenvalue weighted by Gasteiger charge is 2.45. The van der Waals surface area contributed by atoms with Crippen molar-refractivity contribution in [3.05, 3.63) is 0 Å². The van der Waals surface area contributed by atoms with Crippen LogP contribution in [0.5, 0.6) is 0 Å². The maximum Gasteiger partial charge on any atom is 0.336 e. The third-order valence-corrected chi connectivity index (χ3v) is 1.79. The summed E-state index contributed by atoms with van der Waals surface area (Å²) < 4.78 is 0. The first-order chi connectivity index (χ1) is 6.19. The van der Waals surface area contributed by atoms with E-state index in [1.165, 1.54) is 0 Å². The molecule has 0 fully saturated rings. The minimum atomic E-state index is -2.59. The van der Waals surface area contributed by atoms with Gasteiger partial charge in [-0.05, 0) is 6.92 Å². The van der Waals surface area contributed by atoms with Crippen LogP contribution < -0.4 is 0 Å². The van der Waals surface area contributed by atoms with Crippen LogP contribution >= 0.6 is 0 Å². The molecule has 4 N–H and O–H groups in total. The van der Waals surface area contributed by atoms with Crippen molar-refractivity contribution in [2.24, 2.45) is 5.92 Å². The number of carboxylic acid groups (broad SMARTS) is 3. The number of rotatable bonds is 5. The summed E-state index contributed by atoms with van der Waals surface area (Å²) in [4.78, 5) is 31.2. The summed E-state index contributed by atoms with van der Waals surface area (Å²) in [5.41, 5.74) is -2.59. The van der Waals surface area contributed by atoms with Gasteiger partial charge in [0.2, 0.25) is 0 Å². The molecule has 0 saturated carbocycles. The standard InChI is InChI=1S/C7H10O7/c1-7(14,6(12)13)3(5(10)11)2-4(8)9/h3,14H,2H2,1H3,(H,8,9)(H,10,11)(H,12,13)/t3-,7-/m1/s1. The molecule has 0 heterocycles. The number of aliphatic carboxylic acids is 3. The van der Waals surface area contributed by atoms with Gasteiger partial charge < -0.3 is 20.4 Å². The minimum Gasteiger partial charge on any atom is -0.481 e. The monoisotopic (exact) mass is 206 g/mol. The summed E-state index contributed by atoms with van der Waals surface area (Å²) >= 11 is 0. The quantitative estimate of drug-likeness (QED) is 0.453. The van der Waals surface area contributed by atoms with Crippen LogP contribution in [-0.4, -0.2) is 43.9 Å². The van der Waals surface area contributed by atoms with Crippen molar-refractivity contribution in [3.8, 4) is 0 Å². The molecule has 0 aromatic heterocycles. The molecule has 7 heteroatoms. The molecule has 0 saturated heterocycles. The summed E-state index contributed by atoms with van der Waals surface area (Å²) in [5.74, 6) is -6.80. The predicted octanol–water partition coefficient (Wildman–Crippen LogP) is -1.00. The highest BCUT2D eigenvalue weighted by molar-refractivity contribution is 5.87. The molecule has 0 spiro atoms. The Hall–Kier alpha value is -1.63. The van der Waals surface area contributed by atoms with Crippen molar-refractivity contribution in [3.63, 3.8) is 0 Å². The largest absolute Gasteiger partial charge is 0.481 e. The van der Waals surface area contributed by atoms with Crippen molar-refractivity contribution < 1.29 is 34.8 Å². The average molecular weight is 206 g/mol. The molecular weight excluding hydrogens is 196 g/mol. The highest BCUT2D eigenvalue weighted by Crippen LogP contribution is 2.21. The Morgan fingerprint density at radius 3 is 1.86 bits per heavy atom. The molecule has 80 valence electrons. The predicted molar refractivity (Wildman–Crippen MR) is 41.6 cm³/mol. The summed E-state index contributed by atoms with van der Waals surface area (Å²) in [6.45, 7) is 0.747. The Balaban J connectivity index is 4.91. The molecule has 2 atom stereocenters. The molecule has 0 aliphatic rings. The van der Waals surface area contributed by atoms with Gasteiger partial charge in [0.25, 0.3) is 0 Å². The fourth-order valence-electron chi connectivity index (χ4n) is 0.850. The molecule has 7 nitrogen and oxygen atoms in total. The maximum atomic E-state index is 10.5. The second kappa shape index (κ2) is 4.05. The zero-order valence-corrected chi connectivity index (χ0v) is 7.30. The van der Waals surface area contributed by atoms with Crippen LogP contribution in [0, 0.1) is 5.92 Å². The average Bonchev–Trinajstić information content (AvgIpc) is 1.98. The van der Waals surface area contributed by atoms with Crippen LogP contribution in [0.25, 0.3) is 0 Å². The second-order valence-corrected chi connectivity index (χ2v) is 2.94. The van der Waals surface area contributed by atoms with E-state index in [-0.39, 0.29) is 0 Å². The van der Waals surface area contributed by atoms with Crippen LogP contribution in [0.15, 0.2) is 0 Å². The number of carboxylic acids is 3. The van der Waals surface area contributed by atoms with E-state index >= 15 is 0 Å². The van der Waals surface area contributed by atoms with E-state index in [1.54, 1.807) is 0 Å². The molecule has 0 aromatic rings. The first-order valence-electron chi connectivity index (χ1n) is 3.60. The van der Waals surface area contributed by atoms with Crippen molar-refractivity contribution >= 4 is 17.9 Å². The lowest BCUT2D eigenvalue weighted by Crippen LogP contribution is -2.47. The smallest absolute Gasteiger partial charge is 0.336 e. The first kappa shape index (κ1) is 12.4. The van der Waals surface area contributed by atoms with Gasteiger partial charge >= 0.3 is 17.9 Å². The third kappa shape index (κ3) is 2.70. The zero-order chi connectivity index (χ0) is 11.5. The SMILES string of the molecule is C[C@](O)(C(=O)O)[C@H](CC(=O)O)C(=O)O. The van der Waals surface area contributed by atoms with Crippen LogP contribution in [0.4, 0.5) is 0 Å². The summed E-state index contributed by atoms with van der Waals surface area (Å²) in [6, 6.07) is 0. The zero-order valence-electron chi connectivity index (χ0n) is 7.30. The van der Waals surface area contributed by atoms with E-state index in [2.05, 4.69) is 0 Å². The second-order valence-electron chi connectivity index (χ2n) is 2.94. The van der Waals surface area contributed by atoms with Crippen molar-refractivity contribution in [2.45, 2.75) is 18.9 Å². The Kier molecular flexibility index (Phi) is 3.58. The molecule has 0 aliphatic heterocycles.